The second-order valence-electron chi connectivity index (χ2n) is 5.56. The average Bonchev–Trinajstić information content (AvgIpc) is 3.00. The summed E-state index contributed by atoms with van der Waals surface area (Å²) in [5, 5.41) is 0. The van der Waals surface area contributed by atoms with Gasteiger partial charge in [-0.2, -0.15) is 0 Å². The number of hydrogen-bond donors (Lipinski definition) is 1. The first-order valence-electron chi connectivity index (χ1n) is 7.62. The Labute approximate surface area is 131 Å². The standard InChI is InChI=1S/C15H21N3O3S/c1-2-10-22(19,20)17-13-5-3-4-12-14(6-9-21-15(12)13)18-8-7-16-11-18/h3-5,11,14,17H,2,6-10H2,1H3. The third-order valence-corrected chi connectivity index (χ3v) is 5.37. The van der Waals surface area contributed by atoms with Crippen molar-refractivity contribution in [2.75, 3.05) is 30.2 Å². The molecule has 0 radical (unpaired) electrons. The van der Waals surface area contributed by atoms with Gasteiger partial charge < -0.3 is 9.64 Å². The van der Waals surface area contributed by atoms with Crippen LogP contribution in [0.3, 0.4) is 0 Å². The fourth-order valence-corrected chi connectivity index (χ4v) is 4.08. The number of aliphatic imine (C=N–C) groups is 1. The number of hydrogen-bond acceptors (Lipinski definition) is 5. The van der Waals surface area contributed by atoms with E-state index in [0.29, 0.717) is 24.5 Å². The predicted molar refractivity (Wildman–Crippen MR) is 87.1 cm³/mol. The molecule has 1 aromatic rings. The van der Waals surface area contributed by atoms with Crippen molar-refractivity contribution in [3.05, 3.63) is 23.8 Å². The van der Waals surface area contributed by atoms with Gasteiger partial charge in [-0.25, -0.2) is 8.42 Å². The Morgan fingerprint density at radius 1 is 1.45 bits per heavy atom. The van der Waals surface area contributed by atoms with Crippen molar-refractivity contribution in [3.8, 4) is 5.75 Å². The molecule has 0 bridgehead atoms. The number of benzene rings is 1. The smallest absolute Gasteiger partial charge is 0.232 e. The molecule has 0 fully saturated rings. The van der Waals surface area contributed by atoms with E-state index in [2.05, 4.69) is 14.6 Å². The van der Waals surface area contributed by atoms with Gasteiger partial charge in [0, 0.05) is 18.5 Å². The highest BCUT2D eigenvalue weighted by Gasteiger charge is 2.29. The molecular formula is C15H21N3O3S. The van der Waals surface area contributed by atoms with Crippen LogP contribution in [0.1, 0.15) is 31.4 Å². The van der Waals surface area contributed by atoms with Crippen molar-refractivity contribution in [2.45, 2.75) is 25.8 Å². The van der Waals surface area contributed by atoms with E-state index >= 15 is 0 Å². The third-order valence-electron chi connectivity index (χ3n) is 3.90. The first-order chi connectivity index (χ1) is 10.6. The molecule has 6 nitrogen and oxygen atoms in total. The summed E-state index contributed by atoms with van der Waals surface area (Å²) in [6, 6.07) is 5.83. The molecule has 3 rings (SSSR count). The normalized spacial score (nSPS) is 20.6. The topological polar surface area (TPSA) is 71.0 Å². The summed E-state index contributed by atoms with van der Waals surface area (Å²) >= 11 is 0. The molecule has 1 N–H and O–H groups in total. The Morgan fingerprint density at radius 3 is 3.05 bits per heavy atom. The van der Waals surface area contributed by atoms with E-state index in [1.165, 1.54) is 0 Å². The molecule has 0 aliphatic carbocycles. The summed E-state index contributed by atoms with van der Waals surface area (Å²) in [5.41, 5.74) is 1.56. The molecular weight excluding hydrogens is 302 g/mol. The van der Waals surface area contributed by atoms with Gasteiger partial charge >= 0.3 is 0 Å². The molecule has 0 aromatic heterocycles. The van der Waals surface area contributed by atoms with Gasteiger partial charge in [-0.15, -0.1) is 0 Å². The Morgan fingerprint density at radius 2 is 2.32 bits per heavy atom. The van der Waals surface area contributed by atoms with E-state index in [1.807, 2.05) is 25.4 Å². The van der Waals surface area contributed by atoms with Gasteiger partial charge in [0.1, 0.15) is 5.75 Å². The second kappa shape index (κ2) is 6.16. The molecule has 2 aliphatic rings. The van der Waals surface area contributed by atoms with E-state index in [0.717, 1.165) is 25.1 Å². The zero-order valence-electron chi connectivity index (χ0n) is 12.7. The fourth-order valence-electron chi connectivity index (χ4n) is 2.95. The number of ether oxygens (including phenoxy) is 1. The minimum Gasteiger partial charge on any atom is -0.491 e. The van der Waals surface area contributed by atoms with Gasteiger partial charge in [-0.1, -0.05) is 19.1 Å². The maximum atomic E-state index is 12.0. The van der Waals surface area contributed by atoms with Gasteiger partial charge in [0.15, 0.2) is 0 Å². The first kappa shape index (κ1) is 15.1. The Balaban J connectivity index is 1.91. The van der Waals surface area contributed by atoms with Gasteiger partial charge in [0.05, 0.1) is 37.0 Å². The largest absolute Gasteiger partial charge is 0.491 e. The van der Waals surface area contributed by atoms with Crippen molar-refractivity contribution >= 4 is 22.0 Å². The lowest BCUT2D eigenvalue weighted by molar-refractivity contribution is 0.211. The van der Waals surface area contributed by atoms with Crippen molar-refractivity contribution in [3.63, 3.8) is 0 Å². The molecule has 1 aromatic carbocycles. The summed E-state index contributed by atoms with van der Waals surface area (Å²) in [4.78, 5) is 6.47. The number of anilines is 1. The highest BCUT2D eigenvalue weighted by atomic mass is 32.2. The maximum absolute atomic E-state index is 12.0. The predicted octanol–water partition coefficient (Wildman–Crippen LogP) is 2.01. The molecule has 1 atom stereocenters. The molecule has 2 aliphatic heterocycles. The van der Waals surface area contributed by atoms with Crippen LogP contribution in [-0.4, -0.2) is 45.1 Å². The van der Waals surface area contributed by atoms with Crippen LogP contribution in [0, 0.1) is 0 Å². The first-order valence-corrected chi connectivity index (χ1v) is 9.28. The lowest BCUT2D eigenvalue weighted by Gasteiger charge is -2.33. The van der Waals surface area contributed by atoms with Crippen LogP contribution < -0.4 is 9.46 Å². The summed E-state index contributed by atoms with van der Waals surface area (Å²) in [6.07, 6.45) is 3.34. The zero-order valence-corrected chi connectivity index (χ0v) is 13.5. The van der Waals surface area contributed by atoms with Crippen molar-refractivity contribution < 1.29 is 13.2 Å². The molecule has 2 heterocycles. The molecule has 0 amide bonds. The minimum absolute atomic E-state index is 0.110. The minimum atomic E-state index is -3.32. The lowest BCUT2D eigenvalue weighted by Crippen LogP contribution is -2.30. The van der Waals surface area contributed by atoms with E-state index in [-0.39, 0.29) is 11.8 Å². The number of para-hydroxylation sites is 1. The number of sulfonamides is 1. The maximum Gasteiger partial charge on any atom is 0.232 e. The number of fused-ring (bicyclic) bond motifs is 1. The van der Waals surface area contributed by atoms with Crippen LogP contribution in [0.2, 0.25) is 0 Å². The monoisotopic (exact) mass is 323 g/mol. The summed E-state index contributed by atoms with van der Waals surface area (Å²) in [6.45, 7) is 4.14. The van der Waals surface area contributed by atoms with Gasteiger partial charge in [0.2, 0.25) is 10.0 Å². The SMILES string of the molecule is CCCS(=O)(=O)Nc1cccc2c1OCCC2N1C=NCC1. The number of nitrogens with zero attached hydrogens (tertiary/aromatic N) is 2. The van der Waals surface area contributed by atoms with Gasteiger partial charge in [-0.3, -0.25) is 9.71 Å². The van der Waals surface area contributed by atoms with Gasteiger partial charge in [0.25, 0.3) is 0 Å². The highest BCUT2D eigenvalue weighted by molar-refractivity contribution is 7.92. The third kappa shape index (κ3) is 3.04. The molecule has 0 spiro atoms. The molecule has 0 saturated heterocycles. The van der Waals surface area contributed by atoms with Crippen molar-refractivity contribution in [2.24, 2.45) is 4.99 Å². The molecule has 7 heteroatoms. The lowest BCUT2D eigenvalue weighted by atomic mass is 9.98. The van der Waals surface area contributed by atoms with Crippen molar-refractivity contribution in [1.82, 2.24) is 4.90 Å². The van der Waals surface area contributed by atoms with E-state index in [1.54, 1.807) is 6.07 Å². The molecule has 1 unspecified atom stereocenters. The van der Waals surface area contributed by atoms with Crippen LogP contribution in [-0.2, 0) is 10.0 Å². The Hall–Kier alpha value is -1.76. The molecule has 22 heavy (non-hydrogen) atoms. The zero-order chi connectivity index (χ0) is 15.6. The van der Waals surface area contributed by atoms with Crippen LogP contribution in [0.15, 0.2) is 23.2 Å². The Kier molecular flexibility index (Phi) is 4.24. The number of rotatable bonds is 5. The van der Waals surface area contributed by atoms with E-state index in [9.17, 15) is 8.42 Å². The average molecular weight is 323 g/mol. The van der Waals surface area contributed by atoms with Crippen molar-refractivity contribution in [1.29, 1.82) is 0 Å². The summed E-state index contributed by atoms with van der Waals surface area (Å²) in [5.74, 6) is 0.762. The van der Waals surface area contributed by atoms with Crippen LogP contribution in [0.4, 0.5) is 5.69 Å². The molecule has 120 valence electrons. The summed E-state index contributed by atoms with van der Waals surface area (Å²) in [7, 11) is -3.32. The van der Waals surface area contributed by atoms with E-state index in [4.69, 9.17) is 4.74 Å². The second-order valence-corrected chi connectivity index (χ2v) is 7.40. The van der Waals surface area contributed by atoms with Crippen LogP contribution >= 0.6 is 0 Å². The van der Waals surface area contributed by atoms with Crippen LogP contribution in [0.25, 0.3) is 0 Å². The summed E-state index contributed by atoms with van der Waals surface area (Å²) < 4.78 is 32.5. The van der Waals surface area contributed by atoms with Crippen LogP contribution in [0.5, 0.6) is 5.75 Å². The quantitative estimate of drug-likeness (QED) is 0.900. The van der Waals surface area contributed by atoms with E-state index < -0.39 is 10.0 Å². The highest BCUT2D eigenvalue weighted by Crippen LogP contribution is 2.41. The fraction of sp³-hybridized carbons (Fsp3) is 0.533. The Bertz CT molecular complexity index is 673. The number of nitrogens with one attached hydrogen (secondary N) is 1. The van der Waals surface area contributed by atoms with Gasteiger partial charge in [-0.05, 0) is 12.5 Å². The molecule has 0 saturated carbocycles.